The second-order valence-corrected chi connectivity index (χ2v) is 8.13. The van der Waals surface area contributed by atoms with Crippen LogP contribution in [0.5, 0.6) is 0 Å². The van der Waals surface area contributed by atoms with Gasteiger partial charge >= 0.3 is 6.03 Å². The van der Waals surface area contributed by atoms with Crippen LogP contribution in [0.1, 0.15) is 31.4 Å². The molecule has 1 saturated heterocycles. The highest BCUT2D eigenvalue weighted by Crippen LogP contribution is 2.28. The molecule has 1 fully saturated rings. The zero-order valence-corrected chi connectivity index (χ0v) is 18.0. The van der Waals surface area contributed by atoms with E-state index >= 15 is 0 Å². The van der Waals surface area contributed by atoms with Gasteiger partial charge in [0, 0.05) is 38.5 Å². The van der Waals surface area contributed by atoms with E-state index in [1.54, 1.807) is 36.0 Å². The SMILES string of the molecule is C[C@H](c1cc(F)ccc1F)N(C)c1ccn2ncc(NC(=O)N3CCCC(CO)C3)c2n1. The molecule has 8 nitrogen and oxygen atoms in total. The number of nitrogens with zero attached hydrogens (tertiary/aromatic N) is 5. The summed E-state index contributed by atoms with van der Waals surface area (Å²) >= 11 is 0. The van der Waals surface area contributed by atoms with Gasteiger partial charge in [0.05, 0.1) is 12.2 Å². The number of fused-ring (bicyclic) bond motifs is 1. The topological polar surface area (TPSA) is 86.0 Å². The van der Waals surface area contributed by atoms with E-state index in [9.17, 15) is 18.7 Å². The number of anilines is 2. The number of carbonyl (C=O) groups is 1. The molecular formula is C22H26F2N6O2. The van der Waals surface area contributed by atoms with Gasteiger partial charge in [-0.25, -0.2) is 23.1 Å². The van der Waals surface area contributed by atoms with Gasteiger partial charge in [0.25, 0.3) is 0 Å². The van der Waals surface area contributed by atoms with E-state index in [2.05, 4.69) is 15.4 Å². The van der Waals surface area contributed by atoms with Gasteiger partial charge in [0.2, 0.25) is 0 Å². The third-order valence-electron chi connectivity index (χ3n) is 6.01. The van der Waals surface area contributed by atoms with Crippen LogP contribution in [0.3, 0.4) is 0 Å². The molecule has 4 rings (SSSR count). The molecule has 0 aliphatic carbocycles. The van der Waals surface area contributed by atoms with Crippen molar-refractivity contribution in [2.24, 2.45) is 5.92 Å². The lowest BCUT2D eigenvalue weighted by Gasteiger charge is -2.31. The summed E-state index contributed by atoms with van der Waals surface area (Å²) < 4.78 is 29.4. The number of aromatic nitrogens is 3. The minimum atomic E-state index is -0.507. The fourth-order valence-corrected chi connectivity index (χ4v) is 3.98. The summed E-state index contributed by atoms with van der Waals surface area (Å²) in [6, 6.07) is 4.34. The molecule has 32 heavy (non-hydrogen) atoms. The Hall–Kier alpha value is -3.27. The van der Waals surface area contributed by atoms with Gasteiger partial charge in [0.15, 0.2) is 5.65 Å². The van der Waals surface area contributed by atoms with Crippen molar-refractivity contribution in [1.29, 1.82) is 0 Å². The number of piperidine rings is 1. The summed E-state index contributed by atoms with van der Waals surface area (Å²) in [4.78, 5) is 20.7. The first-order chi connectivity index (χ1) is 15.4. The van der Waals surface area contributed by atoms with E-state index < -0.39 is 17.7 Å². The number of nitrogens with one attached hydrogen (secondary N) is 1. The average Bonchev–Trinajstić information content (AvgIpc) is 3.21. The lowest BCUT2D eigenvalue weighted by molar-refractivity contribution is 0.136. The molecule has 2 aromatic heterocycles. The quantitative estimate of drug-likeness (QED) is 0.630. The summed E-state index contributed by atoms with van der Waals surface area (Å²) in [6.07, 6.45) is 4.96. The Morgan fingerprint density at radius 1 is 1.38 bits per heavy atom. The fourth-order valence-electron chi connectivity index (χ4n) is 3.98. The van der Waals surface area contributed by atoms with Gasteiger partial charge in [-0.2, -0.15) is 5.10 Å². The van der Waals surface area contributed by atoms with Crippen LogP contribution < -0.4 is 10.2 Å². The molecule has 2 atom stereocenters. The Kier molecular flexibility index (Phi) is 6.22. The number of benzene rings is 1. The van der Waals surface area contributed by atoms with Gasteiger partial charge in [-0.15, -0.1) is 0 Å². The average molecular weight is 444 g/mol. The zero-order valence-electron chi connectivity index (χ0n) is 18.0. The number of hydrogen-bond donors (Lipinski definition) is 2. The molecule has 0 saturated carbocycles. The normalized spacial score (nSPS) is 17.4. The first-order valence-electron chi connectivity index (χ1n) is 10.6. The third-order valence-corrected chi connectivity index (χ3v) is 6.01. The maximum absolute atomic E-state index is 14.2. The van der Waals surface area contributed by atoms with Crippen LogP contribution >= 0.6 is 0 Å². The highest BCUT2D eigenvalue weighted by molar-refractivity contribution is 5.93. The van der Waals surface area contributed by atoms with Gasteiger partial charge < -0.3 is 20.2 Å². The molecule has 170 valence electrons. The Morgan fingerprint density at radius 2 is 2.19 bits per heavy atom. The van der Waals surface area contributed by atoms with Crippen molar-refractivity contribution in [2.45, 2.75) is 25.8 Å². The minimum Gasteiger partial charge on any atom is -0.396 e. The van der Waals surface area contributed by atoms with Crippen LogP contribution in [-0.2, 0) is 0 Å². The highest BCUT2D eigenvalue weighted by atomic mass is 19.1. The largest absolute Gasteiger partial charge is 0.396 e. The number of carbonyl (C=O) groups excluding carboxylic acids is 1. The van der Waals surface area contributed by atoms with Crippen molar-refractivity contribution < 1.29 is 18.7 Å². The van der Waals surface area contributed by atoms with Crippen molar-refractivity contribution in [2.75, 3.05) is 37.0 Å². The van der Waals surface area contributed by atoms with Crippen molar-refractivity contribution >= 4 is 23.2 Å². The first-order valence-corrected chi connectivity index (χ1v) is 10.6. The molecule has 2 N–H and O–H groups in total. The number of amides is 2. The van der Waals surface area contributed by atoms with E-state index in [4.69, 9.17) is 0 Å². The number of hydrogen-bond acceptors (Lipinski definition) is 5. The minimum absolute atomic E-state index is 0.0574. The van der Waals surface area contributed by atoms with E-state index in [-0.39, 0.29) is 24.1 Å². The van der Waals surface area contributed by atoms with Crippen LogP contribution in [0.4, 0.5) is 25.1 Å². The fraction of sp³-hybridized carbons (Fsp3) is 0.409. The van der Waals surface area contributed by atoms with Crippen molar-refractivity contribution in [3.63, 3.8) is 0 Å². The zero-order chi connectivity index (χ0) is 22.8. The van der Waals surface area contributed by atoms with Crippen molar-refractivity contribution in [1.82, 2.24) is 19.5 Å². The highest BCUT2D eigenvalue weighted by Gasteiger charge is 2.24. The number of halogens is 2. The van der Waals surface area contributed by atoms with E-state index in [0.29, 0.717) is 30.2 Å². The molecule has 0 bridgehead atoms. The van der Waals surface area contributed by atoms with Crippen LogP contribution in [-0.4, -0.2) is 57.4 Å². The lowest BCUT2D eigenvalue weighted by atomic mass is 9.99. The Balaban J connectivity index is 1.56. The summed E-state index contributed by atoms with van der Waals surface area (Å²) in [5.74, 6) is -0.400. The number of urea groups is 1. The molecule has 1 aliphatic heterocycles. The number of aliphatic hydroxyl groups is 1. The van der Waals surface area contributed by atoms with Crippen LogP contribution in [0.2, 0.25) is 0 Å². The Labute approximate surface area is 184 Å². The molecular weight excluding hydrogens is 418 g/mol. The number of likely N-dealkylation sites (tertiary alicyclic amines) is 1. The van der Waals surface area contributed by atoms with Crippen LogP contribution in [0, 0.1) is 17.6 Å². The Morgan fingerprint density at radius 3 is 2.97 bits per heavy atom. The van der Waals surface area contributed by atoms with Gasteiger partial charge in [-0.1, -0.05) is 0 Å². The molecule has 10 heteroatoms. The van der Waals surface area contributed by atoms with Crippen LogP contribution in [0.15, 0.2) is 36.7 Å². The van der Waals surface area contributed by atoms with Crippen molar-refractivity contribution in [3.05, 3.63) is 53.9 Å². The van der Waals surface area contributed by atoms with Gasteiger partial charge in [0.1, 0.15) is 23.1 Å². The maximum Gasteiger partial charge on any atom is 0.322 e. The third kappa shape index (κ3) is 4.36. The smallest absolute Gasteiger partial charge is 0.322 e. The summed E-state index contributed by atoms with van der Waals surface area (Å²) in [6.45, 7) is 2.94. The molecule has 1 aliphatic rings. The molecule has 1 unspecified atom stereocenters. The molecule has 3 heterocycles. The van der Waals surface area contributed by atoms with E-state index in [1.165, 1.54) is 16.8 Å². The first kappa shape index (κ1) is 21.9. The monoisotopic (exact) mass is 444 g/mol. The van der Waals surface area contributed by atoms with E-state index in [1.807, 2.05) is 0 Å². The Bertz CT molecular complexity index is 1120. The van der Waals surface area contributed by atoms with Gasteiger partial charge in [-0.05, 0) is 49.9 Å². The second kappa shape index (κ2) is 9.07. The molecule has 3 aromatic rings. The standard InChI is InChI=1S/C22H26F2N6O2/c1-14(17-10-16(23)5-6-18(17)24)28(2)20-7-9-30-21(27-20)19(11-25-30)26-22(32)29-8-3-4-15(12-29)13-31/h5-7,9-11,14-15,31H,3-4,8,12-13H2,1-2H3,(H,26,32)/t14-,15?/m1/s1. The maximum atomic E-state index is 14.2. The second-order valence-electron chi connectivity index (χ2n) is 8.13. The number of aliphatic hydroxyl groups excluding tert-OH is 1. The summed E-state index contributed by atoms with van der Waals surface area (Å²) in [7, 11) is 1.74. The number of rotatable bonds is 5. The predicted molar refractivity (Wildman–Crippen MR) is 117 cm³/mol. The molecule has 2 amide bonds. The van der Waals surface area contributed by atoms with Gasteiger partial charge in [-0.3, -0.25) is 0 Å². The molecule has 1 aromatic carbocycles. The van der Waals surface area contributed by atoms with E-state index in [0.717, 1.165) is 25.0 Å². The summed E-state index contributed by atoms with van der Waals surface area (Å²) in [5, 5.41) is 16.5. The summed E-state index contributed by atoms with van der Waals surface area (Å²) in [5.41, 5.74) is 1.10. The molecule has 0 spiro atoms. The molecule has 0 radical (unpaired) electrons. The predicted octanol–water partition coefficient (Wildman–Crippen LogP) is 3.44. The van der Waals surface area contributed by atoms with Crippen molar-refractivity contribution in [3.8, 4) is 0 Å². The van der Waals surface area contributed by atoms with Crippen LogP contribution in [0.25, 0.3) is 5.65 Å². The lowest BCUT2D eigenvalue weighted by Crippen LogP contribution is -2.43.